The number of hydrogen-bond donors (Lipinski definition) is 0. The van der Waals surface area contributed by atoms with Gasteiger partial charge in [0.1, 0.15) is 0 Å². The summed E-state index contributed by atoms with van der Waals surface area (Å²) in [5, 5.41) is 14.7. The highest BCUT2D eigenvalue weighted by Crippen LogP contribution is 2.33. The van der Waals surface area contributed by atoms with Crippen molar-refractivity contribution < 1.29 is 22.9 Å². The molecule has 3 aromatic rings. The minimum absolute atomic E-state index is 0.0263. The molecule has 3 heterocycles. The molecule has 8 nitrogen and oxygen atoms in total. The number of rotatable bonds is 3. The van der Waals surface area contributed by atoms with Crippen LogP contribution in [-0.4, -0.2) is 43.4 Å². The summed E-state index contributed by atoms with van der Waals surface area (Å²) in [5.41, 5.74) is -1.25. The smallest absolute Gasteiger partial charge is 0.337 e. The second kappa shape index (κ2) is 7.39. The molecule has 1 fully saturated rings. The van der Waals surface area contributed by atoms with Crippen LogP contribution in [-0.2, 0) is 6.18 Å². The Morgan fingerprint density at radius 2 is 1.73 bits per heavy atom. The molecule has 0 N–H and O–H groups in total. The number of benzene rings is 1. The summed E-state index contributed by atoms with van der Waals surface area (Å²) in [7, 11) is 0. The zero-order chi connectivity index (χ0) is 21.5. The van der Waals surface area contributed by atoms with E-state index < -0.39 is 22.7 Å². The van der Waals surface area contributed by atoms with E-state index in [1.165, 1.54) is 30.3 Å². The van der Waals surface area contributed by atoms with E-state index in [1.54, 1.807) is 4.90 Å². The van der Waals surface area contributed by atoms with Crippen LogP contribution in [0.25, 0.3) is 16.9 Å². The lowest BCUT2D eigenvalue weighted by Gasteiger charge is -2.25. The van der Waals surface area contributed by atoms with Gasteiger partial charge >= 0.3 is 6.18 Å². The number of non-ortho nitro benzene ring substituents is 1. The third-order valence-electron chi connectivity index (χ3n) is 4.95. The van der Waals surface area contributed by atoms with Gasteiger partial charge < -0.3 is 4.90 Å². The Labute approximate surface area is 168 Å². The van der Waals surface area contributed by atoms with Crippen molar-refractivity contribution in [3.8, 4) is 11.3 Å². The van der Waals surface area contributed by atoms with Crippen molar-refractivity contribution in [2.45, 2.75) is 25.4 Å². The first-order valence-corrected chi connectivity index (χ1v) is 9.26. The Morgan fingerprint density at radius 3 is 2.33 bits per heavy atom. The van der Waals surface area contributed by atoms with Crippen LogP contribution in [0.3, 0.4) is 0 Å². The van der Waals surface area contributed by atoms with Crippen LogP contribution in [0, 0.1) is 10.1 Å². The molecule has 2 aromatic heterocycles. The molecule has 1 aromatic carbocycles. The number of halogens is 3. The molecule has 0 unspecified atom stereocenters. The molecule has 0 spiro atoms. The van der Waals surface area contributed by atoms with Crippen molar-refractivity contribution in [2.75, 3.05) is 13.1 Å². The van der Waals surface area contributed by atoms with Crippen LogP contribution in [0.1, 0.15) is 35.4 Å². The van der Waals surface area contributed by atoms with Crippen LogP contribution in [0.2, 0.25) is 0 Å². The highest BCUT2D eigenvalue weighted by atomic mass is 19.4. The fraction of sp³-hybridized carbons (Fsp3) is 0.316. The maximum atomic E-state index is 13.7. The summed E-state index contributed by atoms with van der Waals surface area (Å²) in [4.78, 5) is 28.6. The molecule has 4 rings (SSSR count). The van der Waals surface area contributed by atoms with E-state index in [4.69, 9.17) is 0 Å². The van der Waals surface area contributed by atoms with Crippen LogP contribution >= 0.6 is 0 Å². The Bertz CT molecular complexity index is 1120. The van der Waals surface area contributed by atoms with Gasteiger partial charge in [-0.25, -0.2) is 9.50 Å². The number of nitrogens with zero attached hydrogens (tertiary/aromatic N) is 5. The minimum Gasteiger partial charge on any atom is -0.337 e. The van der Waals surface area contributed by atoms with Gasteiger partial charge in [0.25, 0.3) is 11.6 Å². The van der Waals surface area contributed by atoms with Crippen LogP contribution in [0.5, 0.6) is 0 Å². The van der Waals surface area contributed by atoms with Gasteiger partial charge in [-0.05, 0) is 37.5 Å². The fourth-order valence-electron chi connectivity index (χ4n) is 3.44. The van der Waals surface area contributed by atoms with E-state index in [9.17, 15) is 28.1 Å². The topological polar surface area (TPSA) is 93.6 Å². The van der Waals surface area contributed by atoms with Crippen LogP contribution < -0.4 is 0 Å². The van der Waals surface area contributed by atoms with Crippen molar-refractivity contribution in [1.29, 1.82) is 0 Å². The maximum Gasteiger partial charge on any atom is 0.433 e. The van der Waals surface area contributed by atoms with Crippen LogP contribution in [0.15, 0.2) is 36.4 Å². The Hall–Kier alpha value is -3.50. The Balaban J connectivity index is 1.79. The number of fused-ring (bicyclic) bond motifs is 1. The highest BCUT2D eigenvalue weighted by Gasteiger charge is 2.36. The number of piperidine rings is 1. The summed E-state index contributed by atoms with van der Waals surface area (Å²) in [5.74, 6) is -0.426. The van der Waals surface area contributed by atoms with E-state index in [0.29, 0.717) is 17.6 Å². The van der Waals surface area contributed by atoms with Crippen molar-refractivity contribution in [3.63, 3.8) is 0 Å². The second-order valence-corrected chi connectivity index (χ2v) is 6.98. The van der Waals surface area contributed by atoms with E-state index >= 15 is 0 Å². The number of hydrogen-bond acceptors (Lipinski definition) is 5. The monoisotopic (exact) mass is 419 g/mol. The number of aromatic nitrogens is 3. The van der Waals surface area contributed by atoms with E-state index in [1.807, 2.05) is 0 Å². The molecule has 1 saturated heterocycles. The maximum absolute atomic E-state index is 13.7. The van der Waals surface area contributed by atoms with Gasteiger partial charge in [-0.2, -0.15) is 18.3 Å². The fourth-order valence-corrected chi connectivity index (χ4v) is 3.44. The number of carbonyl (C=O) groups excluding carboxylic acids is 1. The average molecular weight is 419 g/mol. The molecule has 0 bridgehead atoms. The molecular weight excluding hydrogens is 403 g/mol. The first kappa shape index (κ1) is 19.8. The SMILES string of the molecule is O=C(c1cc2nc(-c3ccc([N+](=O)[O-])cc3)cc(C(F)(F)F)n2n1)N1CCCCC1. The third-order valence-corrected chi connectivity index (χ3v) is 4.95. The molecule has 0 atom stereocenters. The first-order chi connectivity index (χ1) is 14.2. The van der Waals surface area contributed by atoms with E-state index in [2.05, 4.69) is 10.1 Å². The van der Waals surface area contributed by atoms with E-state index in [-0.39, 0.29) is 28.3 Å². The average Bonchev–Trinajstić information content (AvgIpc) is 3.16. The summed E-state index contributed by atoms with van der Waals surface area (Å²) >= 11 is 0. The van der Waals surface area contributed by atoms with Crippen molar-refractivity contribution >= 4 is 17.2 Å². The summed E-state index contributed by atoms with van der Waals surface area (Å²) in [6, 6.07) is 7.09. The summed E-state index contributed by atoms with van der Waals surface area (Å²) in [6.07, 6.45) is -2.05. The number of nitro groups is 1. The molecule has 1 aliphatic heterocycles. The molecule has 0 saturated carbocycles. The van der Waals surface area contributed by atoms with Crippen molar-refractivity contribution in [3.05, 3.63) is 57.9 Å². The Kier molecular flexibility index (Phi) is 4.88. The zero-order valence-electron chi connectivity index (χ0n) is 15.6. The number of amides is 1. The lowest BCUT2D eigenvalue weighted by Crippen LogP contribution is -2.35. The van der Waals surface area contributed by atoms with Gasteiger partial charge in [0, 0.05) is 36.9 Å². The van der Waals surface area contributed by atoms with Crippen molar-refractivity contribution in [1.82, 2.24) is 19.5 Å². The summed E-state index contributed by atoms with van der Waals surface area (Å²) in [6.45, 7) is 1.08. The highest BCUT2D eigenvalue weighted by molar-refractivity contribution is 5.93. The predicted molar refractivity (Wildman–Crippen MR) is 99.8 cm³/mol. The largest absolute Gasteiger partial charge is 0.433 e. The number of alkyl halides is 3. The van der Waals surface area contributed by atoms with Gasteiger partial charge in [0.05, 0.1) is 10.6 Å². The first-order valence-electron chi connectivity index (χ1n) is 9.26. The molecular formula is C19H16F3N5O3. The van der Waals surface area contributed by atoms with Gasteiger partial charge in [-0.3, -0.25) is 14.9 Å². The number of carbonyl (C=O) groups is 1. The lowest BCUT2D eigenvalue weighted by atomic mass is 10.1. The standard InChI is InChI=1S/C19H16F3N5O3/c20-19(21,22)16-10-14(12-4-6-13(7-5-12)27(29)30)23-17-11-15(24-26(16)17)18(28)25-8-2-1-3-9-25/h4-7,10-11H,1-3,8-9H2. The molecule has 11 heteroatoms. The lowest BCUT2D eigenvalue weighted by molar-refractivity contribution is -0.384. The normalized spacial score (nSPS) is 14.8. The van der Waals surface area contributed by atoms with Gasteiger partial charge in [-0.1, -0.05) is 0 Å². The van der Waals surface area contributed by atoms with Gasteiger partial charge in [0.15, 0.2) is 17.0 Å². The zero-order valence-corrected chi connectivity index (χ0v) is 15.6. The molecule has 0 aliphatic carbocycles. The predicted octanol–water partition coefficient (Wildman–Crippen LogP) is 3.95. The third kappa shape index (κ3) is 3.70. The molecule has 1 aliphatic rings. The van der Waals surface area contributed by atoms with Gasteiger partial charge in [0.2, 0.25) is 0 Å². The van der Waals surface area contributed by atoms with Gasteiger partial charge in [-0.15, -0.1) is 0 Å². The minimum atomic E-state index is -4.74. The quantitative estimate of drug-likeness (QED) is 0.473. The second-order valence-electron chi connectivity index (χ2n) is 6.98. The Morgan fingerprint density at radius 1 is 1.07 bits per heavy atom. The molecule has 0 radical (unpaired) electrons. The number of nitro benzene ring substituents is 1. The van der Waals surface area contributed by atoms with Crippen LogP contribution in [0.4, 0.5) is 18.9 Å². The molecule has 30 heavy (non-hydrogen) atoms. The molecule has 1 amide bonds. The molecule has 156 valence electrons. The van der Waals surface area contributed by atoms with Crippen molar-refractivity contribution in [2.24, 2.45) is 0 Å². The van der Waals surface area contributed by atoms with E-state index in [0.717, 1.165) is 25.3 Å². The summed E-state index contributed by atoms with van der Waals surface area (Å²) < 4.78 is 41.6. The number of likely N-dealkylation sites (tertiary alicyclic amines) is 1.